The molecule has 0 atom stereocenters. The van der Waals surface area contributed by atoms with Crippen LogP contribution in [0.2, 0.25) is 10.2 Å². The van der Waals surface area contributed by atoms with E-state index in [4.69, 9.17) is 35.4 Å². The maximum Gasteiger partial charge on any atom is 0.413 e. The third-order valence-corrected chi connectivity index (χ3v) is 2.11. The van der Waals surface area contributed by atoms with Crippen LogP contribution in [-0.4, -0.2) is 22.8 Å². The lowest BCUT2D eigenvalue weighted by molar-refractivity contribution is 0.158. The molecule has 0 unspecified atom stereocenters. The Balaban J connectivity index is 2.59. The Bertz CT molecular complexity index is 422. The number of carbonyl (C=O) groups is 1. The van der Waals surface area contributed by atoms with Gasteiger partial charge in [-0.25, -0.2) is 9.78 Å². The second kappa shape index (κ2) is 6.58. The average molecular weight is 294 g/mol. The molecule has 17 heavy (non-hydrogen) atoms. The van der Waals surface area contributed by atoms with Crippen LogP contribution >= 0.6 is 35.4 Å². The summed E-state index contributed by atoms with van der Waals surface area (Å²) >= 11 is 16.3. The molecule has 0 aliphatic rings. The normalized spacial score (nSPS) is 9.59. The van der Waals surface area contributed by atoms with Gasteiger partial charge in [0.25, 0.3) is 0 Å². The van der Waals surface area contributed by atoms with E-state index < -0.39 is 6.09 Å². The summed E-state index contributed by atoms with van der Waals surface area (Å²) in [5.74, 6) is 0.337. The summed E-state index contributed by atoms with van der Waals surface area (Å²) < 4.78 is 4.65. The molecule has 8 heteroatoms. The van der Waals surface area contributed by atoms with Crippen molar-refractivity contribution < 1.29 is 9.53 Å². The van der Waals surface area contributed by atoms with Crippen LogP contribution in [0.5, 0.6) is 0 Å². The number of carbonyl (C=O) groups excluding carboxylic acids is 1. The second-order valence-electron chi connectivity index (χ2n) is 2.79. The van der Waals surface area contributed by atoms with E-state index >= 15 is 0 Å². The molecule has 0 aromatic carbocycles. The quantitative estimate of drug-likeness (QED) is 0.648. The van der Waals surface area contributed by atoms with Crippen LogP contribution in [-0.2, 0) is 4.74 Å². The molecule has 0 aliphatic heterocycles. The zero-order valence-electron chi connectivity index (χ0n) is 8.79. The molecule has 0 bridgehead atoms. The highest BCUT2D eigenvalue weighted by Gasteiger charge is 2.06. The van der Waals surface area contributed by atoms with Gasteiger partial charge >= 0.3 is 6.09 Å². The van der Waals surface area contributed by atoms with Gasteiger partial charge < -0.3 is 10.1 Å². The van der Waals surface area contributed by atoms with E-state index in [0.717, 1.165) is 0 Å². The molecule has 0 aliphatic carbocycles. The number of rotatable bonds is 2. The highest BCUT2D eigenvalue weighted by atomic mass is 35.5. The van der Waals surface area contributed by atoms with Crippen LogP contribution in [0.25, 0.3) is 0 Å². The molecule has 1 aromatic rings. The van der Waals surface area contributed by atoms with E-state index in [-0.39, 0.29) is 16.9 Å². The maximum absolute atomic E-state index is 11.0. The highest BCUT2D eigenvalue weighted by Crippen LogP contribution is 2.18. The van der Waals surface area contributed by atoms with E-state index in [0.29, 0.717) is 10.8 Å². The fourth-order valence-electron chi connectivity index (χ4n) is 0.937. The van der Waals surface area contributed by atoms with Crippen LogP contribution in [0.4, 0.5) is 10.6 Å². The SMILES string of the molecule is CCOC(=O)NC(=S)Nc1cc(Cl)cc(Cl)n1. The van der Waals surface area contributed by atoms with Crippen LogP contribution < -0.4 is 10.6 Å². The van der Waals surface area contributed by atoms with Crippen molar-refractivity contribution >= 4 is 52.4 Å². The van der Waals surface area contributed by atoms with Crippen molar-refractivity contribution in [2.24, 2.45) is 0 Å². The monoisotopic (exact) mass is 293 g/mol. The number of nitrogens with one attached hydrogen (secondary N) is 2. The van der Waals surface area contributed by atoms with Crippen molar-refractivity contribution in [2.45, 2.75) is 6.92 Å². The lowest BCUT2D eigenvalue weighted by Crippen LogP contribution is -2.34. The van der Waals surface area contributed by atoms with E-state index in [2.05, 4.69) is 20.4 Å². The summed E-state index contributed by atoms with van der Waals surface area (Å²) in [4.78, 5) is 15.0. The van der Waals surface area contributed by atoms with E-state index in [9.17, 15) is 4.79 Å². The number of thiocarbonyl (C=S) groups is 1. The third-order valence-electron chi connectivity index (χ3n) is 1.49. The Labute approximate surface area is 113 Å². The van der Waals surface area contributed by atoms with E-state index in [1.165, 1.54) is 12.1 Å². The minimum absolute atomic E-state index is 0.0503. The standard InChI is InChI=1S/C9H9Cl2N3O2S/c1-2-16-9(15)14-8(17)13-7-4-5(10)3-6(11)12-7/h3-4H,2H2,1H3,(H2,12,13,14,15,17). The Kier molecular flexibility index (Phi) is 5.40. The highest BCUT2D eigenvalue weighted by molar-refractivity contribution is 7.80. The molecular formula is C9H9Cl2N3O2S. The Hall–Kier alpha value is -1.11. The molecule has 1 amide bonds. The largest absolute Gasteiger partial charge is 0.450 e. The Morgan fingerprint density at radius 3 is 2.82 bits per heavy atom. The summed E-state index contributed by atoms with van der Waals surface area (Å²) in [5.41, 5.74) is 0. The van der Waals surface area contributed by atoms with Crippen molar-refractivity contribution in [3.8, 4) is 0 Å². The van der Waals surface area contributed by atoms with Gasteiger partial charge in [0.2, 0.25) is 0 Å². The van der Waals surface area contributed by atoms with Gasteiger partial charge in [0.05, 0.1) is 6.61 Å². The molecule has 1 heterocycles. The van der Waals surface area contributed by atoms with Gasteiger partial charge in [-0.3, -0.25) is 5.32 Å². The summed E-state index contributed by atoms with van der Waals surface area (Å²) in [5, 5.41) is 5.63. The lowest BCUT2D eigenvalue weighted by atomic mass is 10.4. The van der Waals surface area contributed by atoms with Gasteiger partial charge in [0.1, 0.15) is 11.0 Å². The Morgan fingerprint density at radius 1 is 1.53 bits per heavy atom. The first-order valence-corrected chi connectivity index (χ1v) is 5.75. The topological polar surface area (TPSA) is 63.2 Å². The number of amides is 1. The van der Waals surface area contributed by atoms with Gasteiger partial charge in [0.15, 0.2) is 5.11 Å². The minimum Gasteiger partial charge on any atom is -0.450 e. The van der Waals surface area contributed by atoms with Gasteiger partial charge in [-0.1, -0.05) is 23.2 Å². The predicted molar refractivity (Wildman–Crippen MR) is 70.6 cm³/mol. The number of nitrogens with zero attached hydrogens (tertiary/aromatic N) is 1. The maximum atomic E-state index is 11.0. The molecule has 0 fully saturated rings. The number of halogens is 2. The van der Waals surface area contributed by atoms with Crippen molar-refractivity contribution in [1.82, 2.24) is 10.3 Å². The lowest BCUT2D eigenvalue weighted by Gasteiger charge is -2.08. The van der Waals surface area contributed by atoms with Crippen molar-refractivity contribution in [1.29, 1.82) is 0 Å². The van der Waals surface area contributed by atoms with Crippen LogP contribution in [0.1, 0.15) is 6.92 Å². The fourth-order valence-corrected chi connectivity index (χ4v) is 1.60. The Morgan fingerprint density at radius 2 is 2.24 bits per heavy atom. The molecule has 92 valence electrons. The molecule has 2 N–H and O–H groups in total. The number of anilines is 1. The summed E-state index contributed by atoms with van der Waals surface area (Å²) in [7, 11) is 0. The molecule has 1 rings (SSSR count). The van der Waals surface area contributed by atoms with Crippen molar-refractivity contribution in [2.75, 3.05) is 11.9 Å². The summed E-state index contributed by atoms with van der Waals surface area (Å²) in [6.45, 7) is 1.95. The number of aromatic nitrogens is 1. The molecule has 0 saturated carbocycles. The van der Waals surface area contributed by atoms with Crippen molar-refractivity contribution in [3.63, 3.8) is 0 Å². The van der Waals surface area contributed by atoms with Gasteiger partial charge in [-0.2, -0.15) is 0 Å². The molecule has 0 spiro atoms. The molecule has 0 radical (unpaired) electrons. The number of hydrogen-bond acceptors (Lipinski definition) is 4. The molecular weight excluding hydrogens is 285 g/mol. The first-order chi connectivity index (χ1) is 8.01. The summed E-state index contributed by atoms with van der Waals surface area (Å²) in [6, 6.07) is 3.00. The average Bonchev–Trinajstić information content (AvgIpc) is 2.14. The van der Waals surface area contributed by atoms with Crippen molar-refractivity contribution in [3.05, 3.63) is 22.3 Å². The third kappa shape index (κ3) is 5.16. The fraction of sp³-hybridized carbons (Fsp3) is 0.222. The van der Waals surface area contributed by atoms with Gasteiger partial charge in [0, 0.05) is 5.02 Å². The zero-order valence-corrected chi connectivity index (χ0v) is 11.1. The minimum atomic E-state index is -0.641. The van der Waals surface area contributed by atoms with E-state index in [1.54, 1.807) is 6.92 Å². The van der Waals surface area contributed by atoms with E-state index in [1.807, 2.05) is 0 Å². The van der Waals surface area contributed by atoms with Gasteiger partial charge in [-0.15, -0.1) is 0 Å². The number of alkyl carbamates (subject to hydrolysis) is 1. The number of ether oxygens (including phenoxy) is 1. The van der Waals surface area contributed by atoms with Crippen LogP contribution in [0.3, 0.4) is 0 Å². The molecule has 5 nitrogen and oxygen atoms in total. The molecule has 0 saturated heterocycles. The summed E-state index contributed by atoms with van der Waals surface area (Å²) in [6.07, 6.45) is -0.641. The molecule has 1 aromatic heterocycles. The smallest absolute Gasteiger partial charge is 0.413 e. The first-order valence-electron chi connectivity index (χ1n) is 4.59. The first kappa shape index (κ1) is 14.0. The number of pyridine rings is 1. The van der Waals surface area contributed by atoms with Crippen LogP contribution in [0, 0.1) is 0 Å². The van der Waals surface area contributed by atoms with Crippen LogP contribution in [0.15, 0.2) is 12.1 Å². The van der Waals surface area contributed by atoms with Gasteiger partial charge in [-0.05, 0) is 31.3 Å². The number of hydrogen-bond donors (Lipinski definition) is 2. The zero-order chi connectivity index (χ0) is 12.8. The predicted octanol–water partition coefficient (Wildman–Crippen LogP) is 2.83. The second-order valence-corrected chi connectivity index (χ2v) is 4.02.